The fraction of sp³-hybridized carbons (Fsp3) is 0.632. The lowest BCUT2D eigenvalue weighted by atomic mass is 9.83. The van der Waals surface area contributed by atoms with E-state index in [0.29, 0.717) is 25.7 Å². The Morgan fingerprint density at radius 3 is 2.25 bits per heavy atom. The Morgan fingerprint density at radius 1 is 1.11 bits per heavy atom. The van der Waals surface area contributed by atoms with Gasteiger partial charge in [-0.05, 0) is 31.6 Å². The summed E-state index contributed by atoms with van der Waals surface area (Å²) in [5, 5.41) is 6.20. The summed E-state index contributed by atoms with van der Waals surface area (Å²) < 4.78 is 59.5. The number of nitrogens with zero attached hydrogens (tertiary/aromatic N) is 1. The van der Waals surface area contributed by atoms with Gasteiger partial charge in [-0.2, -0.15) is 0 Å². The van der Waals surface area contributed by atoms with Gasteiger partial charge in [0.15, 0.2) is 29.2 Å². The third kappa shape index (κ3) is 6.47. The zero-order valence-electron chi connectivity index (χ0n) is 16.2. The molecule has 1 aromatic rings. The number of hydrogen-bond donors (Lipinski definition) is 2. The van der Waals surface area contributed by atoms with E-state index in [0.717, 1.165) is 32.1 Å². The molecule has 0 aliphatic heterocycles. The van der Waals surface area contributed by atoms with E-state index in [-0.39, 0.29) is 35.5 Å². The Hall–Kier alpha value is -1.10. The molecule has 0 saturated heterocycles. The molecule has 1 aliphatic rings. The van der Waals surface area contributed by atoms with Gasteiger partial charge >= 0.3 is 0 Å². The molecule has 9 heteroatoms. The summed E-state index contributed by atoms with van der Waals surface area (Å²) in [6.45, 7) is 3.20. The molecular formula is C19H28F4IN3O. The highest BCUT2D eigenvalue weighted by Crippen LogP contribution is 2.40. The van der Waals surface area contributed by atoms with Crippen LogP contribution in [-0.4, -0.2) is 32.8 Å². The lowest BCUT2D eigenvalue weighted by Crippen LogP contribution is -2.43. The SMILES string of the molecule is CCNC(=NCc1c(F)c(F)cc(F)c1F)NCC1(CCOC)CCCC1.I. The van der Waals surface area contributed by atoms with Crippen LogP contribution in [0.5, 0.6) is 0 Å². The molecule has 2 N–H and O–H groups in total. The zero-order chi connectivity index (χ0) is 19.9. The van der Waals surface area contributed by atoms with Gasteiger partial charge in [0, 0.05) is 32.9 Å². The molecule has 0 radical (unpaired) electrons. The Morgan fingerprint density at radius 2 is 1.71 bits per heavy atom. The van der Waals surface area contributed by atoms with E-state index >= 15 is 0 Å². The Bertz CT molecular complexity index is 641. The van der Waals surface area contributed by atoms with Crippen LogP contribution in [0, 0.1) is 28.7 Å². The summed E-state index contributed by atoms with van der Waals surface area (Å²) in [6, 6.07) is 0.195. The van der Waals surface area contributed by atoms with Crippen molar-refractivity contribution in [2.75, 3.05) is 26.8 Å². The second-order valence-corrected chi connectivity index (χ2v) is 6.95. The highest BCUT2D eigenvalue weighted by Gasteiger charge is 2.33. The zero-order valence-corrected chi connectivity index (χ0v) is 18.5. The van der Waals surface area contributed by atoms with Crippen LogP contribution in [0.3, 0.4) is 0 Å². The molecule has 0 spiro atoms. The molecule has 2 rings (SSSR count). The van der Waals surface area contributed by atoms with Crippen molar-refractivity contribution in [2.45, 2.75) is 45.6 Å². The van der Waals surface area contributed by atoms with Gasteiger partial charge in [0.05, 0.1) is 12.1 Å². The van der Waals surface area contributed by atoms with Crippen molar-refractivity contribution in [3.05, 3.63) is 34.9 Å². The minimum absolute atomic E-state index is 0. The van der Waals surface area contributed by atoms with E-state index in [4.69, 9.17) is 4.74 Å². The quantitative estimate of drug-likeness (QED) is 0.175. The van der Waals surface area contributed by atoms with Crippen LogP contribution in [0.2, 0.25) is 0 Å². The van der Waals surface area contributed by atoms with E-state index in [9.17, 15) is 17.6 Å². The molecule has 1 fully saturated rings. The summed E-state index contributed by atoms with van der Waals surface area (Å²) in [7, 11) is 1.67. The molecule has 0 amide bonds. The molecule has 0 unspecified atom stereocenters. The molecule has 0 bridgehead atoms. The van der Waals surface area contributed by atoms with Crippen LogP contribution in [-0.2, 0) is 11.3 Å². The van der Waals surface area contributed by atoms with Crippen LogP contribution < -0.4 is 10.6 Å². The first kappa shape index (κ1) is 24.9. The van der Waals surface area contributed by atoms with Crippen LogP contribution in [0.25, 0.3) is 0 Å². The van der Waals surface area contributed by atoms with Crippen molar-refractivity contribution in [1.82, 2.24) is 10.6 Å². The van der Waals surface area contributed by atoms with Gasteiger partial charge < -0.3 is 15.4 Å². The molecule has 0 aromatic heterocycles. The van der Waals surface area contributed by atoms with E-state index in [2.05, 4.69) is 15.6 Å². The number of methoxy groups -OCH3 is 1. The molecule has 0 heterocycles. The largest absolute Gasteiger partial charge is 0.385 e. The lowest BCUT2D eigenvalue weighted by molar-refractivity contribution is 0.138. The predicted octanol–water partition coefficient (Wildman–Crippen LogP) is 4.51. The van der Waals surface area contributed by atoms with Gasteiger partial charge in [0.2, 0.25) is 0 Å². The highest BCUT2D eigenvalue weighted by atomic mass is 127. The van der Waals surface area contributed by atoms with Gasteiger partial charge in [0.1, 0.15) is 0 Å². The topological polar surface area (TPSA) is 45.7 Å². The van der Waals surface area contributed by atoms with Crippen LogP contribution in [0.15, 0.2) is 11.1 Å². The third-order valence-corrected chi connectivity index (χ3v) is 5.07. The fourth-order valence-corrected chi connectivity index (χ4v) is 3.49. The summed E-state index contributed by atoms with van der Waals surface area (Å²) in [4.78, 5) is 4.11. The third-order valence-electron chi connectivity index (χ3n) is 5.07. The Labute approximate surface area is 180 Å². The van der Waals surface area contributed by atoms with Crippen LogP contribution >= 0.6 is 24.0 Å². The summed E-state index contributed by atoms with van der Waals surface area (Å²) in [5.74, 6) is -5.34. The number of ether oxygens (including phenoxy) is 1. The summed E-state index contributed by atoms with van der Waals surface area (Å²) in [5.41, 5.74) is -0.632. The monoisotopic (exact) mass is 517 g/mol. The van der Waals surface area contributed by atoms with Crippen molar-refractivity contribution in [2.24, 2.45) is 10.4 Å². The molecule has 160 valence electrons. The molecule has 4 nitrogen and oxygen atoms in total. The van der Waals surface area contributed by atoms with Crippen LogP contribution in [0.1, 0.15) is 44.6 Å². The van der Waals surface area contributed by atoms with Gasteiger partial charge in [0.25, 0.3) is 0 Å². The molecule has 0 atom stereocenters. The van der Waals surface area contributed by atoms with Crippen molar-refractivity contribution in [1.29, 1.82) is 0 Å². The number of aliphatic imine (C=N–C) groups is 1. The average molecular weight is 517 g/mol. The second-order valence-electron chi connectivity index (χ2n) is 6.95. The highest BCUT2D eigenvalue weighted by molar-refractivity contribution is 14.0. The normalized spacial score (nSPS) is 16.0. The van der Waals surface area contributed by atoms with E-state index in [1.807, 2.05) is 6.92 Å². The van der Waals surface area contributed by atoms with Crippen molar-refractivity contribution in [3.63, 3.8) is 0 Å². The number of hydrogen-bond acceptors (Lipinski definition) is 2. The van der Waals surface area contributed by atoms with Crippen molar-refractivity contribution >= 4 is 29.9 Å². The van der Waals surface area contributed by atoms with Gasteiger partial charge in [-0.25, -0.2) is 22.6 Å². The smallest absolute Gasteiger partial charge is 0.191 e. The van der Waals surface area contributed by atoms with Gasteiger partial charge in [-0.3, -0.25) is 0 Å². The maximum absolute atomic E-state index is 13.8. The number of rotatable bonds is 8. The fourth-order valence-electron chi connectivity index (χ4n) is 3.49. The minimum Gasteiger partial charge on any atom is -0.385 e. The van der Waals surface area contributed by atoms with E-state index < -0.39 is 35.4 Å². The minimum atomic E-state index is -1.43. The average Bonchev–Trinajstić information content (AvgIpc) is 3.12. The van der Waals surface area contributed by atoms with E-state index in [1.165, 1.54) is 0 Å². The molecule has 1 aliphatic carbocycles. The predicted molar refractivity (Wildman–Crippen MR) is 112 cm³/mol. The number of nitrogens with one attached hydrogen (secondary N) is 2. The first-order valence-electron chi connectivity index (χ1n) is 9.25. The van der Waals surface area contributed by atoms with Crippen molar-refractivity contribution < 1.29 is 22.3 Å². The summed E-state index contributed by atoms with van der Waals surface area (Å²) >= 11 is 0. The number of guanidine groups is 1. The van der Waals surface area contributed by atoms with Gasteiger partial charge in [-0.15, -0.1) is 24.0 Å². The molecule has 1 aromatic carbocycles. The Kier molecular flexibility index (Phi) is 10.5. The second kappa shape index (κ2) is 11.8. The summed E-state index contributed by atoms with van der Waals surface area (Å²) in [6.07, 6.45) is 5.35. The molecule has 28 heavy (non-hydrogen) atoms. The first-order valence-corrected chi connectivity index (χ1v) is 9.25. The lowest BCUT2D eigenvalue weighted by Gasteiger charge is -2.30. The first-order chi connectivity index (χ1) is 12.9. The van der Waals surface area contributed by atoms with E-state index in [1.54, 1.807) is 7.11 Å². The number of benzene rings is 1. The standard InChI is InChI=1S/C19H27F4N3O.HI/c1-3-24-18(26-12-19(8-9-27-2)6-4-5-7-19)25-11-13-16(22)14(20)10-15(21)17(13)23;/h10H,3-9,11-12H2,1-2H3,(H2,24,25,26);1H. The van der Waals surface area contributed by atoms with Crippen molar-refractivity contribution in [3.8, 4) is 0 Å². The van der Waals surface area contributed by atoms with Gasteiger partial charge in [-0.1, -0.05) is 12.8 Å². The molecule has 1 saturated carbocycles. The molecular weight excluding hydrogens is 489 g/mol. The maximum Gasteiger partial charge on any atom is 0.191 e. The number of halogens is 5. The van der Waals surface area contributed by atoms with Crippen LogP contribution in [0.4, 0.5) is 17.6 Å². The Balaban J connectivity index is 0.00000392. The maximum atomic E-state index is 13.8.